The van der Waals surface area contributed by atoms with Crippen molar-refractivity contribution in [2.75, 3.05) is 13.2 Å². The number of carbonyl (C=O) groups is 1. The van der Waals surface area contributed by atoms with Crippen LogP contribution in [-0.2, 0) is 4.79 Å². The number of aliphatic hydroxyl groups excluding tert-OH is 5. The molecule has 12 heavy (non-hydrogen) atoms. The van der Waals surface area contributed by atoms with Crippen LogP contribution >= 0.6 is 0 Å². The Morgan fingerprint density at radius 1 is 1.17 bits per heavy atom. The number of hydrogen-bond donors (Lipinski definition) is 5. The molecule has 0 unspecified atom stereocenters. The predicted octanol–water partition coefficient (Wildman–Crippen LogP) is -3.38. The van der Waals surface area contributed by atoms with E-state index >= 15 is 0 Å². The Hall–Kier alpha value is -0.530. The summed E-state index contributed by atoms with van der Waals surface area (Å²) in [5, 5.41) is 43.1. The third kappa shape index (κ3) is 2.84. The maximum absolute atomic E-state index is 10.5. The second kappa shape index (κ2) is 5.18. The normalized spacial score (nSPS) is 18.4. The van der Waals surface area contributed by atoms with Gasteiger partial charge in [0.1, 0.15) is 24.9 Å². The molecule has 0 rings (SSSR count). The van der Waals surface area contributed by atoms with Crippen molar-refractivity contribution < 1.29 is 30.3 Å². The summed E-state index contributed by atoms with van der Waals surface area (Å²) in [6.45, 7) is -1.69. The molecule has 6 nitrogen and oxygen atoms in total. The first kappa shape index (κ1) is 11.5. The molecule has 0 aromatic heterocycles. The Morgan fingerprint density at radius 2 is 1.67 bits per heavy atom. The zero-order valence-corrected chi connectivity index (χ0v) is 6.29. The summed E-state index contributed by atoms with van der Waals surface area (Å²) in [7, 11) is 0. The largest absolute Gasteiger partial charge is 0.394 e. The van der Waals surface area contributed by atoms with Crippen LogP contribution in [0.5, 0.6) is 0 Å². The van der Waals surface area contributed by atoms with Crippen LogP contribution < -0.4 is 0 Å². The number of aliphatic hydroxyl groups is 5. The van der Waals surface area contributed by atoms with Crippen LogP contribution in [0.2, 0.25) is 0 Å². The number of rotatable bonds is 5. The topological polar surface area (TPSA) is 118 Å². The molecule has 5 N–H and O–H groups in total. The molecule has 0 aliphatic rings. The molecule has 0 saturated heterocycles. The first-order valence-electron chi connectivity index (χ1n) is 3.33. The Bertz CT molecular complexity index is 147. The summed E-state index contributed by atoms with van der Waals surface area (Å²) in [6.07, 6.45) is -5.22. The molecule has 6 heteroatoms. The van der Waals surface area contributed by atoms with Crippen LogP contribution in [-0.4, -0.2) is 62.8 Å². The van der Waals surface area contributed by atoms with Gasteiger partial charge in [-0.1, -0.05) is 0 Å². The first-order chi connectivity index (χ1) is 5.54. The molecule has 72 valence electrons. The van der Waals surface area contributed by atoms with E-state index in [4.69, 9.17) is 25.5 Å². The van der Waals surface area contributed by atoms with Crippen LogP contribution in [0, 0.1) is 0 Å². The highest BCUT2D eigenvalue weighted by molar-refractivity contribution is 5.84. The highest BCUT2D eigenvalue weighted by Crippen LogP contribution is 2.00. The van der Waals surface area contributed by atoms with Crippen LogP contribution in [0.3, 0.4) is 0 Å². The van der Waals surface area contributed by atoms with Crippen molar-refractivity contribution in [3.05, 3.63) is 0 Å². The van der Waals surface area contributed by atoms with E-state index in [1.165, 1.54) is 0 Å². The van der Waals surface area contributed by atoms with Crippen molar-refractivity contribution in [2.45, 2.75) is 18.3 Å². The Balaban J connectivity index is 4.08. The number of carbonyl (C=O) groups excluding carboxylic acids is 1. The van der Waals surface area contributed by atoms with E-state index in [2.05, 4.69) is 0 Å². The van der Waals surface area contributed by atoms with E-state index in [9.17, 15) is 4.79 Å². The van der Waals surface area contributed by atoms with E-state index in [1.54, 1.807) is 0 Å². The lowest BCUT2D eigenvalue weighted by molar-refractivity contribution is -0.142. The van der Waals surface area contributed by atoms with E-state index in [1.807, 2.05) is 0 Å². The zero-order valence-electron chi connectivity index (χ0n) is 6.29. The van der Waals surface area contributed by atoms with Gasteiger partial charge in [0.25, 0.3) is 0 Å². The van der Waals surface area contributed by atoms with Crippen LogP contribution in [0.4, 0.5) is 0 Å². The molecule has 0 saturated carbocycles. The minimum atomic E-state index is -1.86. The predicted molar refractivity (Wildman–Crippen MR) is 37.2 cm³/mol. The van der Waals surface area contributed by atoms with Crippen molar-refractivity contribution in [2.24, 2.45) is 0 Å². The van der Waals surface area contributed by atoms with Gasteiger partial charge in [0, 0.05) is 0 Å². The monoisotopic (exact) mass is 181 g/mol. The van der Waals surface area contributed by atoms with Crippen LogP contribution in [0.1, 0.15) is 0 Å². The van der Waals surface area contributed by atoms with Gasteiger partial charge in [-0.05, 0) is 0 Å². The molecule has 0 aromatic carbocycles. The minimum absolute atomic E-state index is 0.767. The van der Waals surface area contributed by atoms with Crippen molar-refractivity contribution in [3.8, 4) is 0 Å². The van der Waals surface area contributed by atoms with Crippen molar-refractivity contribution in [3.63, 3.8) is 0 Å². The van der Waals surface area contributed by atoms with E-state index in [-0.39, 0.29) is 0 Å². The summed E-state index contributed by atoms with van der Waals surface area (Å²) in [4.78, 5) is 10.5. The SMILES string of the molecule is O=C(CO)[C@@H](O)[13C@@H](O)[C@@H](O)CO. The zero-order chi connectivity index (χ0) is 9.72. The summed E-state index contributed by atoms with van der Waals surface area (Å²) >= 11 is 0. The Kier molecular flexibility index (Phi) is 4.95. The fourth-order valence-electron chi connectivity index (χ4n) is 0.602. The van der Waals surface area contributed by atoms with Crippen LogP contribution in [0.25, 0.3) is 0 Å². The molecule has 3 atom stereocenters. The molecule has 0 radical (unpaired) electrons. The van der Waals surface area contributed by atoms with E-state index in [0.717, 1.165) is 0 Å². The maximum Gasteiger partial charge on any atom is 0.189 e. The number of ketones is 1. The van der Waals surface area contributed by atoms with Crippen molar-refractivity contribution in [1.82, 2.24) is 0 Å². The fourth-order valence-corrected chi connectivity index (χ4v) is 0.602. The molecule has 0 aliphatic heterocycles. The highest BCUT2D eigenvalue weighted by Gasteiger charge is 2.28. The molecule has 0 heterocycles. The molecular formula is C6H12O6. The van der Waals surface area contributed by atoms with Gasteiger partial charge in [0.15, 0.2) is 5.78 Å². The van der Waals surface area contributed by atoms with E-state index < -0.39 is 37.3 Å². The van der Waals surface area contributed by atoms with Crippen molar-refractivity contribution >= 4 is 5.78 Å². The number of hydrogen-bond acceptors (Lipinski definition) is 6. The lowest BCUT2D eigenvalue weighted by Crippen LogP contribution is -2.44. The maximum atomic E-state index is 10.5. The van der Waals surface area contributed by atoms with Gasteiger partial charge in [-0.15, -0.1) is 0 Å². The first-order valence-corrected chi connectivity index (χ1v) is 3.33. The third-order valence-corrected chi connectivity index (χ3v) is 1.39. The lowest BCUT2D eigenvalue weighted by atomic mass is 10.2. The average molecular weight is 181 g/mol. The lowest BCUT2D eigenvalue weighted by Gasteiger charge is -2.19. The second-order valence-corrected chi connectivity index (χ2v) is 2.31. The summed E-state index contributed by atoms with van der Waals surface area (Å²) in [5.41, 5.74) is 0. The molecule has 0 bridgehead atoms. The summed E-state index contributed by atoms with van der Waals surface area (Å²) < 4.78 is 0. The fraction of sp³-hybridized carbons (Fsp3) is 0.833. The highest BCUT2D eigenvalue weighted by atomic mass is 16.4. The third-order valence-electron chi connectivity index (χ3n) is 1.39. The Morgan fingerprint density at radius 3 is 2.00 bits per heavy atom. The Labute approximate surface area is 68.7 Å². The minimum Gasteiger partial charge on any atom is -0.394 e. The second-order valence-electron chi connectivity index (χ2n) is 2.31. The smallest absolute Gasteiger partial charge is 0.189 e. The van der Waals surface area contributed by atoms with Gasteiger partial charge in [-0.3, -0.25) is 4.79 Å². The quantitative estimate of drug-likeness (QED) is 0.282. The summed E-state index contributed by atoms with van der Waals surface area (Å²) in [5.74, 6) is -1.00. The van der Waals surface area contributed by atoms with Gasteiger partial charge < -0.3 is 25.5 Å². The molecular weight excluding hydrogens is 169 g/mol. The van der Waals surface area contributed by atoms with Crippen molar-refractivity contribution in [1.29, 1.82) is 0 Å². The van der Waals surface area contributed by atoms with Crippen LogP contribution in [0.15, 0.2) is 0 Å². The van der Waals surface area contributed by atoms with Gasteiger partial charge >= 0.3 is 0 Å². The number of Topliss-reactive ketones (excluding diaryl/α,β-unsaturated/α-hetero) is 1. The van der Waals surface area contributed by atoms with Gasteiger partial charge in [-0.25, -0.2) is 0 Å². The van der Waals surface area contributed by atoms with Gasteiger partial charge in [-0.2, -0.15) is 0 Å². The molecule has 0 spiro atoms. The molecule has 0 fully saturated rings. The van der Waals surface area contributed by atoms with Gasteiger partial charge in [0.05, 0.1) is 6.61 Å². The molecule has 0 aromatic rings. The van der Waals surface area contributed by atoms with E-state index in [0.29, 0.717) is 0 Å². The molecule has 0 aliphatic carbocycles. The summed E-state index contributed by atoms with van der Waals surface area (Å²) in [6, 6.07) is 0. The average Bonchev–Trinajstić information content (AvgIpc) is 2.12. The standard InChI is InChI=1S/C6H12O6/c7-1-3(9)5(11)6(12)4(10)2-8/h3,5-9,11-12H,1-2H2/t3-,5-,6+/m0/s1/i5+1. The molecule has 0 amide bonds. The van der Waals surface area contributed by atoms with Gasteiger partial charge in [0.2, 0.25) is 0 Å².